The molecule has 3 amide bonds. The van der Waals surface area contributed by atoms with Crippen molar-refractivity contribution in [3.05, 3.63) is 36.5 Å². The maximum absolute atomic E-state index is 12.6. The first-order chi connectivity index (χ1) is 12.0. The summed E-state index contributed by atoms with van der Waals surface area (Å²) in [6.07, 6.45) is 2.35. The van der Waals surface area contributed by atoms with Gasteiger partial charge in [0.25, 0.3) is 0 Å². The maximum Gasteiger partial charge on any atom is 0.322 e. The van der Waals surface area contributed by atoms with Crippen LogP contribution in [0.4, 0.5) is 10.5 Å². The van der Waals surface area contributed by atoms with Crippen molar-refractivity contribution in [3.8, 4) is 11.3 Å². The number of urea groups is 1. The van der Waals surface area contributed by atoms with Gasteiger partial charge in [-0.05, 0) is 36.1 Å². The Hall–Kier alpha value is -2.83. The van der Waals surface area contributed by atoms with E-state index in [0.29, 0.717) is 31.1 Å². The molecule has 0 bridgehead atoms. The van der Waals surface area contributed by atoms with Crippen molar-refractivity contribution in [1.82, 2.24) is 20.4 Å². The number of H-pyrrole nitrogens is 1. The van der Waals surface area contributed by atoms with Crippen molar-refractivity contribution in [1.29, 1.82) is 0 Å². The van der Waals surface area contributed by atoms with Crippen LogP contribution in [0.2, 0.25) is 0 Å². The number of benzene rings is 1. The molecule has 1 aromatic carbocycles. The van der Waals surface area contributed by atoms with Crippen LogP contribution in [0.15, 0.2) is 36.5 Å². The van der Waals surface area contributed by atoms with Gasteiger partial charge in [-0.3, -0.25) is 9.89 Å². The van der Waals surface area contributed by atoms with Crippen LogP contribution in [-0.4, -0.2) is 46.2 Å². The largest absolute Gasteiger partial charge is 0.353 e. The molecule has 2 heterocycles. The van der Waals surface area contributed by atoms with E-state index in [0.717, 1.165) is 11.3 Å². The average molecular weight is 341 g/mol. The molecule has 7 nitrogen and oxygen atoms in total. The molecule has 3 rings (SSSR count). The van der Waals surface area contributed by atoms with E-state index in [1.165, 1.54) is 0 Å². The zero-order valence-corrected chi connectivity index (χ0v) is 14.5. The van der Waals surface area contributed by atoms with Gasteiger partial charge in [0.2, 0.25) is 5.91 Å². The Bertz CT molecular complexity index is 724. The summed E-state index contributed by atoms with van der Waals surface area (Å²) in [4.78, 5) is 26.4. The fourth-order valence-electron chi connectivity index (χ4n) is 2.98. The van der Waals surface area contributed by atoms with E-state index >= 15 is 0 Å². The topological polar surface area (TPSA) is 90.1 Å². The van der Waals surface area contributed by atoms with Gasteiger partial charge in [-0.1, -0.05) is 26.0 Å². The number of hydrogen-bond donors (Lipinski definition) is 3. The minimum atomic E-state index is -0.419. The molecule has 3 N–H and O–H groups in total. The normalized spacial score (nSPS) is 17.5. The predicted octanol–water partition coefficient (Wildman–Crippen LogP) is 2.46. The molecule has 2 aromatic rings. The number of carbonyl (C=O) groups is 2. The van der Waals surface area contributed by atoms with Crippen LogP contribution in [0.3, 0.4) is 0 Å². The Balaban J connectivity index is 1.69. The van der Waals surface area contributed by atoms with Crippen molar-refractivity contribution in [2.45, 2.75) is 26.3 Å². The van der Waals surface area contributed by atoms with E-state index in [-0.39, 0.29) is 11.9 Å². The summed E-state index contributed by atoms with van der Waals surface area (Å²) in [5, 5.41) is 12.6. The number of anilines is 1. The quantitative estimate of drug-likeness (QED) is 0.798. The Morgan fingerprint density at radius 2 is 2.08 bits per heavy atom. The van der Waals surface area contributed by atoms with Crippen LogP contribution in [0.25, 0.3) is 11.3 Å². The number of rotatable bonds is 4. The van der Waals surface area contributed by atoms with Crippen molar-refractivity contribution < 1.29 is 9.59 Å². The Morgan fingerprint density at radius 3 is 2.72 bits per heavy atom. The third-order valence-corrected chi connectivity index (χ3v) is 4.23. The van der Waals surface area contributed by atoms with Crippen molar-refractivity contribution >= 4 is 17.6 Å². The lowest BCUT2D eigenvalue weighted by molar-refractivity contribution is -0.128. The van der Waals surface area contributed by atoms with Gasteiger partial charge < -0.3 is 15.5 Å². The van der Waals surface area contributed by atoms with E-state index in [9.17, 15) is 9.59 Å². The smallest absolute Gasteiger partial charge is 0.322 e. The molecule has 25 heavy (non-hydrogen) atoms. The zero-order chi connectivity index (χ0) is 17.8. The maximum atomic E-state index is 12.6. The first kappa shape index (κ1) is 17.0. The highest BCUT2D eigenvalue weighted by molar-refractivity contribution is 5.94. The average Bonchev–Trinajstić information content (AvgIpc) is 3.11. The molecule has 1 saturated heterocycles. The highest BCUT2D eigenvalue weighted by atomic mass is 16.2. The summed E-state index contributed by atoms with van der Waals surface area (Å²) in [7, 11) is 0. The monoisotopic (exact) mass is 341 g/mol. The molecular formula is C18H23N5O2. The number of aromatic nitrogens is 2. The number of nitrogens with zero attached hydrogens (tertiary/aromatic N) is 2. The van der Waals surface area contributed by atoms with Crippen molar-refractivity contribution in [3.63, 3.8) is 0 Å². The second kappa shape index (κ2) is 7.38. The summed E-state index contributed by atoms with van der Waals surface area (Å²) >= 11 is 0. The highest BCUT2D eigenvalue weighted by Crippen LogP contribution is 2.20. The lowest BCUT2D eigenvalue weighted by Gasteiger charge is -2.35. The van der Waals surface area contributed by atoms with Gasteiger partial charge in [0.05, 0.1) is 5.69 Å². The fraction of sp³-hybridized carbons (Fsp3) is 0.389. The molecule has 1 aliphatic rings. The molecule has 132 valence electrons. The molecule has 1 fully saturated rings. The van der Waals surface area contributed by atoms with Gasteiger partial charge in [-0.25, -0.2) is 4.79 Å². The van der Waals surface area contributed by atoms with Gasteiger partial charge in [0.1, 0.15) is 6.04 Å². The lowest BCUT2D eigenvalue weighted by atomic mass is 10.0. The Kier molecular flexibility index (Phi) is 5.02. The van der Waals surface area contributed by atoms with Gasteiger partial charge >= 0.3 is 6.03 Å². The second-order valence-corrected chi connectivity index (χ2v) is 6.61. The third kappa shape index (κ3) is 3.99. The number of amides is 3. The second-order valence-electron chi connectivity index (χ2n) is 6.61. The summed E-state index contributed by atoms with van der Waals surface area (Å²) in [5.41, 5.74) is 2.61. The molecule has 0 spiro atoms. The zero-order valence-electron chi connectivity index (χ0n) is 14.5. The number of aromatic amines is 1. The molecule has 0 saturated carbocycles. The molecule has 0 aliphatic carbocycles. The van der Waals surface area contributed by atoms with E-state index in [4.69, 9.17) is 0 Å². The van der Waals surface area contributed by atoms with Crippen LogP contribution in [0.5, 0.6) is 0 Å². The van der Waals surface area contributed by atoms with Gasteiger partial charge in [0.15, 0.2) is 0 Å². The van der Waals surface area contributed by atoms with Gasteiger partial charge in [-0.15, -0.1) is 0 Å². The van der Waals surface area contributed by atoms with Crippen LogP contribution >= 0.6 is 0 Å². The van der Waals surface area contributed by atoms with Crippen molar-refractivity contribution in [2.75, 3.05) is 18.4 Å². The fourth-order valence-corrected chi connectivity index (χ4v) is 2.98. The van der Waals surface area contributed by atoms with Gasteiger partial charge in [-0.2, -0.15) is 5.10 Å². The molecule has 7 heteroatoms. The van der Waals surface area contributed by atoms with Crippen molar-refractivity contribution in [2.24, 2.45) is 5.92 Å². The SMILES string of the molecule is CC(C)CC1C(=O)NCCN1C(=O)Nc1ccc(-c2ccn[nH]2)cc1. The number of hydrogen-bond acceptors (Lipinski definition) is 3. The van der Waals surface area contributed by atoms with Crippen LogP contribution in [0.1, 0.15) is 20.3 Å². The van der Waals surface area contributed by atoms with E-state index in [1.54, 1.807) is 11.1 Å². The third-order valence-electron chi connectivity index (χ3n) is 4.23. The van der Waals surface area contributed by atoms with Crippen LogP contribution in [-0.2, 0) is 4.79 Å². The van der Waals surface area contributed by atoms with Crippen LogP contribution < -0.4 is 10.6 Å². The lowest BCUT2D eigenvalue weighted by Crippen LogP contribution is -2.58. The Morgan fingerprint density at radius 1 is 1.32 bits per heavy atom. The van der Waals surface area contributed by atoms with E-state index in [1.807, 2.05) is 44.2 Å². The number of piperazine rings is 1. The molecule has 0 radical (unpaired) electrons. The first-order valence-electron chi connectivity index (χ1n) is 8.49. The van der Waals surface area contributed by atoms with Gasteiger partial charge in [0, 0.05) is 25.0 Å². The van der Waals surface area contributed by atoms with E-state index in [2.05, 4.69) is 20.8 Å². The molecule has 1 aliphatic heterocycles. The minimum Gasteiger partial charge on any atom is -0.353 e. The summed E-state index contributed by atoms with van der Waals surface area (Å²) in [6.45, 7) is 5.10. The molecular weight excluding hydrogens is 318 g/mol. The molecule has 1 aromatic heterocycles. The highest BCUT2D eigenvalue weighted by Gasteiger charge is 2.33. The summed E-state index contributed by atoms with van der Waals surface area (Å²) in [5.74, 6) is 0.252. The van der Waals surface area contributed by atoms with Crippen LogP contribution in [0, 0.1) is 5.92 Å². The summed E-state index contributed by atoms with van der Waals surface area (Å²) < 4.78 is 0. The minimum absolute atomic E-state index is 0.0790. The summed E-state index contributed by atoms with van der Waals surface area (Å²) in [6, 6.07) is 8.74. The Labute approximate surface area is 146 Å². The number of nitrogens with one attached hydrogen (secondary N) is 3. The predicted molar refractivity (Wildman–Crippen MR) is 96.0 cm³/mol. The molecule has 1 unspecified atom stereocenters. The molecule has 1 atom stereocenters. The first-order valence-corrected chi connectivity index (χ1v) is 8.49. The number of carbonyl (C=O) groups excluding carboxylic acids is 2. The standard InChI is InChI=1S/C18H23N5O2/c1-12(2)11-16-17(24)19-9-10-23(16)18(25)21-14-5-3-13(4-6-14)15-7-8-20-22-15/h3-8,12,16H,9-11H2,1-2H3,(H,19,24)(H,20,22)(H,21,25). The van der Waals surface area contributed by atoms with E-state index < -0.39 is 6.04 Å².